The average Bonchev–Trinajstić information content (AvgIpc) is 2.78. The summed E-state index contributed by atoms with van der Waals surface area (Å²) in [5.41, 5.74) is 8.80. The summed E-state index contributed by atoms with van der Waals surface area (Å²) in [5.74, 6) is 0.00886. The molecular formula is C27H18O. The quantitative estimate of drug-likeness (QED) is 0.356. The van der Waals surface area contributed by atoms with Gasteiger partial charge in [-0.05, 0) is 57.1 Å². The van der Waals surface area contributed by atoms with E-state index in [4.69, 9.17) is 0 Å². The van der Waals surface area contributed by atoms with Crippen LogP contribution in [0.2, 0.25) is 0 Å². The summed E-state index contributed by atoms with van der Waals surface area (Å²) >= 11 is 0. The molecule has 0 unspecified atom stereocenters. The van der Waals surface area contributed by atoms with E-state index in [1.165, 1.54) is 0 Å². The van der Waals surface area contributed by atoms with Crippen molar-refractivity contribution in [2.75, 3.05) is 0 Å². The smallest absolute Gasteiger partial charge is 0.193 e. The lowest BCUT2D eigenvalue weighted by Crippen LogP contribution is -2.11. The molecule has 4 aromatic rings. The van der Waals surface area contributed by atoms with Gasteiger partial charge < -0.3 is 0 Å². The van der Waals surface area contributed by atoms with E-state index in [0.717, 1.165) is 44.5 Å². The highest BCUT2D eigenvalue weighted by molar-refractivity contribution is 6.34. The third-order valence-electron chi connectivity index (χ3n) is 5.39. The minimum Gasteiger partial charge on any atom is -0.289 e. The first-order valence-corrected chi connectivity index (χ1v) is 9.36. The van der Waals surface area contributed by atoms with Crippen molar-refractivity contribution >= 4 is 11.4 Å². The topological polar surface area (TPSA) is 17.1 Å². The van der Waals surface area contributed by atoms with Crippen LogP contribution >= 0.6 is 0 Å². The molecule has 0 N–H and O–H groups in total. The monoisotopic (exact) mass is 358 g/mol. The fraction of sp³-hybridized carbons (Fsp3) is 0. The Bertz CT molecular complexity index is 1120. The largest absolute Gasteiger partial charge is 0.289 e. The van der Waals surface area contributed by atoms with Crippen LogP contribution in [-0.2, 0) is 0 Å². The van der Waals surface area contributed by atoms with Gasteiger partial charge in [-0.3, -0.25) is 4.79 Å². The van der Waals surface area contributed by atoms with E-state index in [1.54, 1.807) is 0 Å². The van der Waals surface area contributed by atoms with Crippen LogP contribution in [0.25, 0.3) is 39.0 Å². The molecule has 0 aromatic heterocycles. The molecule has 1 aliphatic rings. The van der Waals surface area contributed by atoms with Gasteiger partial charge in [0.15, 0.2) is 5.78 Å². The van der Waals surface area contributed by atoms with Gasteiger partial charge in [0.1, 0.15) is 0 Å². The molecule has 0 radical (unpaired) electrons. The standard InChI is InChI=1S/C27H18O/c1-18-23-14-12-21(19-8-4-2-5-9-19)16-25(23)26-17-22(13-15-24(26)27(18)28)20-10-6-3-7-11-20/h2-17H,1H2. The predicted molar refractivity (Wildman–Crippen MR) is 116 cm³/mol. The van der Waals surface area contributed by atoms with Crippen LogP contribution in [0.5, 0.6) is 0 Å². The number of Topliss-reactive ketones (excluding diaryl/α,β-unsaturated/α-hetero) is 1. The van der Waals surface area contributed by atoms with E-state index in [9.17, 15) is 4.79 Å². The van der Waals surface area contributed by atoms with Crippen molar-refractivity contribution in [3.63, 3.8) is 0 Å². The molecule has 0 spiro atoms. The molecule has 0 bridgehead atoms. The molecule has 5 rings (SSSR count). The summed E-state index contributed by atoms with van der Waals surface area (Å²) < 4.78 is 0. The molecule has 1 heteroatoms. The van der Waals surface area contributed by atoms with Gasteiger partial charge in [-0.25, -0.2) is 0 Å². The second-order valence-electron chi connectivity index (χ2n) is 7.06. The van der Waals surface area contributed by atoms with E-state index in [-0.39, 0.29) is 5.78 Å². The highest BCUT2D eigenvalue weighted by Gasteiger charge is 2.26. The Morgan fingerprint density at radius 3 is 1.46 bits per heavy atom. The van der Waals surface area contributed by atoms with Gasteiger partial charge in [-0.15, -0.1) is 0 Å². The van der Waals surface area contributed by atoms with E-state index >= 15 is 0 Å². The molecule has 0 atom stereocenters. The lowest BCUT2D eigenvalue weighted by molar-refractivity contribution is 0.105. The Morgan fingerprint density at radius 2 is 0.929 bits per heavy atom. The summed E-state index contributed by atoms with van der Waals surface area (Å²) in [6, 6.07) is 32.9. The third kappa shape index (κ3) is 2.60. The molecule has 132 valence electrons. The maximum absolute atomic E-state index is 12.9. The molecule has 0 fully saturated rings. The van der Waals surface area contributed by atoms with Crippen LogP contribution in [0.3, 0.4) is 0 Å². The number of allylic oxidation sites excluding steroid dienone is 1. The fourth-order valence-corrected chi connectivity index (χ4v) is 3.90. The van der Waals surface area contributed by atoms with Gasteiger partial charge in [-0.1, -0.05) is 85.4 Å². The van der Waals surface area contributed by atoms with Gasteiger partial charge in [0.25, 0.3) is 0 Å². The van der Waals surface area contributed by atoms with E-state index in [0.29, 0.717) is 5.57 Å². The fourth-order valence-electron chi connectivity index (χ4n) is 3.90. The first-order chi connectivity index (χ1) is 13.7. The molecule has 0 aliphatic heterocycles. The minimum atomic E-state index is 0.00886. The number of rotatable bonds is 2. The molecule has 1 nitrogen and oxygen atoms in total. The van der Waals surface area contributed by atoms with Crippen molar-refractivity contribution in [2.24, 2.45) is 0 Å². The van der Waals surface area contributed by atoms with Gasteiger partial charge in [0.05, 0.1) is 0 Å². The molecule has 0 saturated carbocycles. The molecule has 0 heterocycles. The minimum absolute atomic E-state index is 0.00886. The van der Waals surface area contributed by atoms with E-state index in [2.05, 4.69) is 49.0 Å². The second-order valence-corrected chi connectivity index (χ2v) is 7.06. The van der Waals surface area contributed by atoms with E-state index < -0.39 is 0 Å². The Morgan fingerprint density at radius 1 is 0.464 bits per heavy atom. The average molecular weight is 358 g/mol. The molecule has 0 amide bonds. The summed E-state index contributed by atoms with van der Waals surface area (Å²) in [6.07, 6.45) is 0. The summed E-state index contributed by atoms with van der Waals surface area (Å²) in [6.45, 7) is 4.07. The van der Waals surface area contributed by atoms with Gasteiger partial charge in [-0.2, -0.15) is 0 Å². The Balaban J connectivity index is 1.73. The van der Waals surface area contributed by atoms with Crippen molar-refractivity contribution < 1.29 is 4.79 Å². The Labute approximate surface area is 164 Å². The van der Waals surface area contributed by atoms with Crippen LogP contribution in [-0.4, -0.2) is 5.78 Å². The maximum Gasteiger partial charge on any atom is 0.193 e. The number of ketones is 1. The van der Waals surface area contributed by atoms with Crippen molar-refractivity contribution in [1.29, 1.82) is 0 Å². The van der Waals surface area contributed by atoms with Crippen molar-refractivity contribution in [1.82, 2.24) is 0 Å². The van der Waals surface area contributed by atoms with Gasteiger partial charge in [0.2, 0.25) is 0 Å². The molecule has 28 heavy (non-hydrogen) atoms. The van der Waals surface area contributed by atoms with Gasteiger partial charge >= 0.3 is 0 Å². The Kier molecular flexibility index (Phi) is 3.80. The lowest BCUT2D eigenvalue weighted by Gasteiger charge is -2.22. The van der Waals surface area contributed by atoms with E-state index in [1.807, 2.05) is 54.6 Å². The second kappa shape index (κ2) is 6.47. The van der Waals surface area contributed by atoms with Crippen LogP contribution in [0.1, 0.15) is 15.9 Å². The summed E-state index contributed by atoms with van der Waals surface area (Å²) in [5, 5.41) is 0. The molecule has 1 aliphatic carbocycles. The number of fused-ring (bicyclic) bond motifs is 3. The van der Waals surface area contributed by atoms with Crippen molar-refractivity contribution in [3.8, 4) is 33.4 Å². The number of hydrogen-bond donors (Lipinski definition) is 0. The summed E-state index contributed by atoms with van der Waals surface area (Å²) in [4.78, 5) is 12.9. The normalized spacial score (nSPS) is 12.4. The maximum atomic E-state index is 12.9. The van der Waals surface area contributed by atoms with Crippen molar-refractivity contribution in [3.05, 3.63) is 115 Å². The highest BCUT2D eigenvalue weighted by atomic mass is 16.1. The SMILES string of the molecule is C=C1C(=O)c2ccc(-c3ccccc3)cc2-c2cc(-c3ccccc3)ccc21. The van der Waals surface area contributed by atoms with Crippen LogP contribution in [0.15, 0.2) is 104 Å². The number of benzene rings is 4. The molecule has 0 saturated heterocycles. The lowest BCUT2D eigenvalue weighted by atomic mass is 9.80. The van der Waals surface area contributed by atoms with Crippen LogP contribution in [0, 0.1) is 0 Å². The number of carbonyl (C=O) groups is 1. The molecule has 4 aromatic carbocycles. The van der Waals surface area contributed by atoms with Crippen LogP contribution in [0.4, 0.5) is 0 Å². The predicted octanol–water partition coefficient (Wildman–Crippen LogP) is 6.90. The molecular weight excluding hydrogens is 340 g/mol. The zero-order valence-corrected chi connectivity index (χ0v) is 15.4. The number of hydrogen-bond acceptors (Lipinski definition) is 1. The zero-order chi connectivity index (χ0) is 19.1. The van der Waals surface area contributed by atoms with Crippen LogP contribution < -0.4 is 0 Å². The van der Waals surface area contributed by atoms with Crippen molar-refractivity contribution in [2.45, 2.75) is 0 Å². The summed E-state index contributed by atoms with van der Waals surface area (Å²) in [7, 11) is 0. The van der Waals surface area contributed by atoms with Gasteiger partial charge in [0, 0.05) is 11.1 Å². The number of carbonyl (C=O) groups excluding carboxylic acids is 1. The highest BCUT2D eigenvalue weighted by Crippen LogP contribution is 2.42. The third-order valence-corrected chi connectivity index (χ3v) is 5.39. The zero-order valence-electron chi connectivity index (χ0n) is 15.4. The first kappa shape index (κ1) is 16.5. The first-order valence-electron chi connectivity index (χ1n) is 9.36. The Hall–Kier alpha value is -3.71.